The standard InChI is InChI=1S/C14H19BrN4/c1-10(2)7-16-8-13-9-17-18-19(13)14-5-4-12(15)6-11(14)3/h4-6,9-10,16H,7-8H2,1-3H3. The minimum Gasteiger partial charge on any atom is -0.311 e. The van der Waals surface area contributed by atoms with Crippen LogP contribution in [-0.4, -0.2) is 21.5 Å². The van der Waals surface area contributed by atoms with Gasteiger partial charge in [-0.1, -0.05) is 35.0 Å². The molecule has 0 aliphatic heterocycles. The maximum atomic E-state index is 4.19. The lowest BCUT2D eigenvalue weighted by molar-refractivity contribution is 0.542. The third kappa shape index (κ3) is 3.64. The highest BCUT2D eigenvalue weighted by molar-refractivity contribution is 9.10. The van der Waals surface area contributed by atoms with Gasteiger partial charge in [-0.2, -0.15) is 0 Å². The fraction of sp³-hybridized carbons (Fsp3) is 0.429. The molecule has 2 aromatic rings. The SMILES string of the molecule is Cc1cc(Br)ccc1-n1nncc1CNCC(C)C. The van der Waals surface area contributed by atoms with Crippen LogP contribution in [0.2, 0.25) is 0 Å². The molecule has 0 atom stereocenters. The van der Waals surface area contributed by atoms with Gasteiger partial charge in [0.05, 0.1) is 17.6 Å². The third-order valence-electron chi connectivity index (χ3n) is 2.87. The fourth-order valence-corrected chi connectivity index (χ4v) is 2.40. The van der Waals surface area contributed by atoms with Gasteiger partial charge in [-0.25, -0.2) is 4.68 Å². The van der Waals surface area contributed by atoms with E-state index in [1.54, 1.807) is 0 Å². The lowest BCUT2D eigenvalue weighted by atomic mass is 10.2. The zero-order valence-corrected chi connectivity index (χ0v) is 13.1. The van der Waals surface area contributed by atoms with Crippen LogP contribution in [-0.2, 0) is 6.54 Å². The molecule has 4 nitrogen and oxygen atoms in total. The molecular formula is C14H19BrN4. The van der Waals surface area contributed by atoms with E-state index in [9.17, 15) is 0 Å². The van der Waals surface area contributed by atoms with Crippen LogP contribution in [0.25, 0.3) is 5.69 Å². The summed E-state index contributed by atoms with van der Waals surface area (Å²) in [5.41, 5.74) is 3.32. The first-order valence-electron chi connectivity index (χ1n) is 6.44. The number of halogens is 1. The quantitative estimate of drug-likeness (QED) is 0.919. The number of hydrogen-bond acceptors (Lipinski definition) is 3. The Morgan fingerprint density at radius 3 is 2.84 bits per heavy atom. The van der Waals surface area contributed by atoms with Crippen molar-refractivity contribution >= 4 is 15.9 Å². The average Bonchev–Trinajstić information content (AvgIpc) is 2.77. The lowest BCUT2D eigenvalue weighted by Crippen LogP contribution is -2.21. The Morgan fingerprint density at radius 2 is 2.16 bits per heavy atom. The summed E-state index contributed by atoms with van der Waals surface area (Å²) in [7, 11) is 0. The molecule has 2 rings (SSSR count). The number of nitrogens with zero attached hydrogens (tertiary/aromatic N) is 3. The molecule has 5 heteroatoms. The predicted octanol–water partition coefficient (Wildman–Crippen LogP) is 3.08. The highest BCUT2D eigenvalue weighted by Crippen LogP contribution is 2.19. The van der Waals surface area contributed by atoms with Crippen LogP contribution in [0, 0.1) is 12.8 Å². The zero-order valence-electron chi connectivity index (χ0n) is 11.5. The summed E-state index contributed by atoms with van der Waals surface area (Å²) >= 11 is 3.48. The number of hydrogen-bond donors (Lipinski definition) is 1. The molecule has 19 heavy (non-hydrogen) atoms. The minimum atomic E-state index is 0.638. The van der Waals surface area contributed by atoms with E-state index in [-0.39, 0.29) is 0 Å². The smallest absolute Gasteiger partial charge is 0.0783 e. The Kier molecular flexibility index (Phi) is 4.71. The van der Waals surface area contributed by atoms with Crippen LogP contribution in [0.4, 0.5) is 0 Å². The first-order chi connectivity index (χ1) is 9.08. The van der Waals surface area contributed by atoms with E-state index in [0.717, 1.165) is 28.9 Å². The van der Waals surface area contributed by atoms with Gasteiger partial charge >= 0.3 is 0 Å². The molecule has 0 unspecified atom stereocenters. The van der Waals surface area contributed by atoms with Crippen molar-refractivity contribution < 1.29 is 0 Å². The summed E-state index contributed by atoms with van der Waals surface area (Å²) in [4.78, 5) is 0. The molecule has 102 valence electrons. The highest BCUT2D eigenvalue weighted by atomic mass is 79.9. The second kappa shape index (κ2) is 6.30. The highest BCUT2D eigenvalue weighted by Gasteiger charge is 2.08. The van der Waals surface area contributed by atoms with Crippen LogP contribution >= 0.6 is 15.9 Å². The number of rotatable bonds is 5. The van der Waals surface area contributed by atoms with E-state index in [2.05, 4.69) is 64.5 Å². The molecule has 1 N–H and O–H groups in total. The van der Waals surface area contributed by atoms with Gasteiger partial charge in [0.2, 0.25) is 0 Å². The Balaban J connectivity index is 2.19. The van der Waals surface area contributed by atoms with Crippen LogP contribution in [0.3, 0.4) is 0 Å². The van der Waals surface area contributed by atoms with Crippen molar-refractivity contribution in [2.75, 3.05) is 6.54 Å². The van der Waals surface area contributed by atoms with Crippen molar-refractivity contribution in [2.24, 2.45) is 5.92 Å². The molecule has 0 aliphatic rings. The molecule has 0 aliphatic carbocycles. The Hall–Kier alpha value is -1.20. The monoisotopic (exact) mass is 322 g/mol. The molecule has 0 bridgehead atoms. The maximum absolute atomic E-state index is 4.19. The molecule has 0 radical (unpaired) electrons. The van der Waals surface area contributed by atoms with Crippen molar-refractivity contribution in [1.82, 2.24) is 20.3 Å². The van der Waals surface area contributed by atoms with Crippen LogP contribution in [0.1, 0.15) is 25.1 Å². The Labute approximate surface area is 122 Å². The van der Waals surface area contributed by atoms with Crippen molar-refractivity contribution in [3.63, 3.8) is 0 Å². The minimum absolute atomic E-state index is 0.638. The number of aromatic nitrogens is 3. The number of benzene rings is 1. The maximum Gasteiger partial charge on any atom is 0.0783 e. The molecule has 1 aromatic heterocycles. The van der Waals surface area contributed by atoms with Gasteiger partial charge in [-0.3, -0.25) is 0 Å². The van der Waals surface area contributed by atoms with E-state index < -0.39 is 0 Å². The molecule has 0 saturated heterocycles. The van der Waals surface area contributed by atoms with Crippen LogP contribution < -0.4 is 5.32 Å². The second-order valence-corrected chi connectivity index (χ2v) is 6.01. The lowest BCUT2D eigenvalue weighted by Gasteiger charge is -2.11. The summed E-state index contributed by atoms with van der Waals surface area (Å²) < 4.78 is 2.98. The first-order valence-corrected chi connectivity index (χ1v) is 7.24. The van der Waals surface area contributed by atoms with Crippen molar-refractivity contribution in [1.29, 1.82) is 0 Å². The summed E-state index contributed by atoms with van der Waals surface area (Å²) in [5.74, 6) is 0.638. The van der Waals surface area contributed by atoms with E-state index in [1.807, 2.05) is 16.9 Å². The van der Waals surface area contributed by atoms with E-state index in [0.29, 0.717) is 5.92 Å². The van der Waals surface area contributed by atoms with Gasteiger partial charge in [0, 0.05) is 11.0 Å². The molecule has 1 heterocycles. The first kappa shape index (κ1) is 14.2. The van der Waals surface area contributed by atoms with Gasteiger partial charge in [-0.15, -0.1) is 5.10 Å². The molecular weight excluding hydrogens is 304 g/mol. The molecule has 0 amide bonds. The van der Waals surface area contributed by atoms with Crippen molar-refractivity contribution in [2.45, 2.75) is 27.3 Å². The second-order valence-electron chi connectivity index (χ2n) is 5.09. The van der Waals surface area contributed by atoms with Gasteiger partial charge in [0.1, 0.15) is 0 Å². The summed E-state index contributed by atoms with van der Waals surface area (Å²) in [6.07, 6.45) is 1.81. The largest absolute Gasteiger partial charge is 0.311 e. The normalized spacial score (nSPS) is 11.2. The molecule has 1 aromatic carbocycles. The van der Waals surface area contributed by atoms with Crippen molar-refractivity contribution in [3.05, 3.63) is 40.1 Å². The molecule has 0 saturated carbocycles. The van der Waals surface area contributed by atoms with E-state index in [1.165, 1.54) is 5.56 Å². The summed E-state index contributed by atoms with van der Waals surface area (Å²) in [6, 6.07) is 6.16. The topological polar surface area (TPSA) is 42.7 Å². The van der Waals surface area contributed by atoms with E-state index in [4.69, 9.17) is 0 Å². The molecule has 0 fully saturated rings. The third-order valence-corrected chi connectivity index (χ3v) is 3.36. The average molecular weight is 323 g/mol. The van der Waals surface area contributed by atoms with Crippen molar-refractivity contribution in [3.8, 4) is 5.69 Å². The predicted molar refractivity (Wildman–Crippen MR) is 80.3 cm³/mol. The Morgan fingerprint density at radius 1 is 1.37 bits per heavy atom. The van der Waals surface area contributed by atoms with Gasteiger partial charge in [0.15, 0.2) is 0 Å². The summed E-state index contributed by atoms with van der Waals surface area (Å²) in [6.45, 7) is 8.24. The number of aryl methyl sites for hydroxylation is 1. The van der Waals surface area contributed by atoms with Gasteiger partial charge in [0.25, 0.3) is 0 Å². The van der Waals surface area contributed by atoms with E-state index >= 15 is 0 Å². The Bertz CT molecular complexity index is 548. The summed E-state index contributed by atoms with van der Waals surface area (Å²) in [5, 5.41) is 11.6. The van der Waals surface area contributed by atoms with Crippen LogP contribution in [0.15, 0.2) is 28.9 Å². The zero-order chi connectivity index (χ0) is 13.8. The number of nitrogens with one attached hydrogen (secondary N) is 1. The fourth-order valence-electron chi connectivity index (χ4n) is 1.93. The molecule has 0 spiro atoms. The van der Waals surface area contributed by atoms with Gasteiger partial charge in [-0.05, 0) is 43.1 Å². The van der Waals surface area contributed by atoms with Crippen LogP contribution in [0.5, 0.6) is 0 Å². The van der Waals surface area contributed by atoms with Gasteiger partial charge < -0.3 is 5.32 Å².